The van der Waals surface area contributed by atoms with E-state index in [2.05, 4.69) is 10.6 Å². The summed E-state index contributed by atoms with van der Waals surface area (Å²) in [6, 6.07) is 6.52. The van der Waals surface area contributed by atoms with E-state index in [1.54, 1.807) is 24.3 Å². The van der Waals surface area contributed by atoms with Crippen molar-refractivity contribution in [3.63, 3.8) is 0 Å². The number of carbonyl (C=O) groups is 2. The van der Waals surface area contributed by atoms with Gasteiger partial charge in [-0.2, -0.15) is 0 Å². The van der Waals surface area contributed by atoms with Crippen molar-refractivity contribution >= 4 is 51.8 Å². The van der Waals surface area contributed by atoms with Gasteiger partial charge in [-0.15, -0.1) is 11.3 Å². The fourth-order valence-corrected chi connectivity index (χ4v) is 2.75. The third-order valence-electron chi connectivity index (χ3n) is 2.72. The molecule has 1 aromatic heterocycles. The van der Waals surface area contributed by atoms with Crippen molar-refractivity contribution in [3.8, 4) is 0 Å². The van der Waals surface area contributed by atoms with E-state index in [0.717, 1.165) is 4.88 Å². The molecule has 0 atom stereocenters. The molecule has 0 aliphatic rings. The maximum absolute atomic E-state index is 12.1. The summed E-state index contributed by atoms with van der Waals surface area (Å²) in [5.74, 6) is -0.457. The highest BCUT2D eigenvalue weighted by molar-refractivity contribution is 7.14. The van der Waals surface area contributed by atoms with Gasteiger partial charge in [-0.3, -0.25) is 9.59 Å². The van der Waals surface area contributed by atoms with Crippen LogP contribution in [0.1, 0.15) is 21.5 Å². The van der Waals surface area contributed by atoms with Crippen LogP contribution in [0.5, 0.6) is 0 Å². The van der Waals surface area contributed by atoms with Gasteiger partial charge < -0.3 is 16.4 Å². The molecular formula is C14H14ClN3O2S. The molecule has 0 unspecified atom stereocenters. The van der Waals surface area contributed by atoms with Crippen LogP contribution in [0.2, 0.25) is 5.02 Å². The topological polar surface area (TPSA) is 84.2 Å². The number of nitrogens with one attached hydrogen (secondary N) is 2. The van der Waals surface area contributed by atoms with Crippen LogP contribution in [0, 0.1) is 6.92 Å². The monoisotopic (exact) mass is 323 g/mol. The minimum absolute atomic E-state index is 0.210. The summed E-state index contributed by atoms with van der Waals surface area (Å²) in [6.45, 7) is 3.26. The number of hydrogen-bond acceptors (Lipinski definition) is 4. The molecule has 1 aromatic carbocycles. The van der Waals surface area contributed by atoms with E-state index >= 15 is 0 Å². The van der Waals surface area contributed by atoms with E-state index in [1.807, 2.05) is 6.92 Å². The molecule has 1 heterocycles. The van der Waals surface area contributed by atoms with Crippen molar-refractivity contribution < 1.29 is 9.59 Å². The lowest BCUT2D eigenvalue weighted by Gasteiger charge is -2.08. The molecule has 0 spiro atoms. The van der Waals surface area contributed by atoms with Gasteiger partial charge in [0.1, 0.15) is 0 Å². The Morgan fingerprint density at radius 3 is 2.48 bits per heavy atom. The molecule has 0 fully saturated rings. The van der Waals surface area contributed by atoms with E-state index in [4.69, 9.17) is 17.3 Å². The maximum atomic E-state index is 12.1. The molecule has 0 saturated heterocycles. The Hall–Kier alpha value is -2.05. The summed E-state index contributed by atoms with van der Waals surface area (Å²) in [4.78, 5) is 24.5. The number of amides is 2. The van der Waals surface area contributed by atoms with Crippen molar-refractivity contribution in [2.45, 2.75) is 13.8 Å². The third-order valence-corrected chi connectivity index (χ3v) is 4.10. The Morgan fingerprint density at radius 2 is 1.95 bits per heavy atom. The van der Waals surface area contributed by atoms with Gasteiger partial charge in [-0.1, -0.05) is 11.6 Å². The third kappa shape index (κ3) is 3.74. The normalized spacial score (nSPS) is 10.2. The van der Waals surface area contributed by atoms with Crippen LogP contribution in [-0.4, -0.2) is 11.8 Å². The lowest BCUT2D eigenvalue weighted by Crippen LogP contribution is -2.11. The average molecular weight is 324 g/mol. The van der Waals surface area contributed by atoms with E-state index in [0.29, 0.717) is 27.0 Å². The van der Waals surface area contributed by atoms with Crippen LogP contribution < -0.4 is 16.4 Å². The smallest absolute Gasteiger partial charge is 0.265 e. The van der Waals surface area contributed by atoms with Crippen LogP contribution in [0.15, 0.2) is 24.3 Å². The Balaban J connectivity index is 2.14. The SMILES string of the molecule is CC(=O)Nc1ccc(NC(=O)c2cc(N)c(C)s2)cc1Cl. The molecule has 0 radical (unpaired) electrons. The molecular weight excluding hydrogens is 310 g/mol. The van der Waals surface area contributed by atoms with Gasteiger partial charge in [0.2, 0.25) is 5.91 Å². The van der Waals surface area contributed by atoms with Crippen LogP contribution >= 0.6 is 22.9 Å². The molecule has 110 valence electrons. The Labute approximate surface area is 131 Å². The maximum Gasteiger partial charge on any atom is 0.265 e. The van der Waals surface area contributed by atoms with Crippen LogP contribution in [0.4, 0.5) is 17.1 Å². The van der Waals surface area contributed by atoms with Crippen molar-refractivity contribution in [2.75, 3.05) is 16.4 Å². The molecule has 21 heavy (non-hydrogen) atoms. The van der Waals surface area contributed by atoms with Crippen molar-refractivity contribution in [2.24, 2.45) is 0 Å². The molecule has 4 N–H and O–H groups in total. The first kappa shape index (κ1) is 15.3. The molecule has 7 heteroatoms. The lowest BCUT2D eigenvalue weighted by atomic mass is 10.2. The zero-order valence-electron chi connectivity index (χ0n) is 11.5. The summed E-state index contributed by atoms with van der Waals surface area (Å²) < 4.78 is 0. The van der Waals surface area contributed by atoms with E-state index in [1.165, 1.54) is 18.3 Å². The summed E-state index contributed by atoms with van der Waals surface area (Å²) in [6.07, 6.45) is 0. The molecule has 2 amide bonds. The molecule has 0 bridgehead atoms. The van der Waals surface area contributed by atoms with Crippen molar-refractivity contribution in [1.29, 1.82) is 0 Å². The predicted octanol–water partition coefficient (Wildman–Crippen LogP) is 3.50. The number of hydrogen-bond donors (Lipinski definition) is 3. The van der Waals surface area contributed by atoms with E-state index in [-0.39, 0.29) is 11.8 Å². The second-order valence-electron chi connectivity index (χ2n) is 4.45. The first-order valence-electron chi connectivity index (χ1n) is 6.11. The number of halogens is 1. The van der Waals surface area contributed by atoms with Crippen molar-refractivity contribution in [1.82, 2.24) is 0 Å². The van der Waals surface area contributed by atoms with Crippen LogP contribution in [0.3, 0.4) is 0 Å². The van der Waals surface area contributed by atoms with Gasteiger partial charge in [0.05, 0.1) is 15.6 Å². The minimum Gasteiger partial charge on any atom is -0.398 e. The molecule has 2 aromatic rings. The number of rotatable bonds is 3. The number of nitrogens with two attached hydrogens (primary N) is 1. The fourth-order valence-electron chi connectivity index (χ4n) is 1.68. The molecule has 2 rings (SSSR count). The van der Waals surface area contributed by atoms with Gasteiger partial charge in [-0.05, 0) is 31.2 Å². The summed E-state index contributed by atoms with van der Waals surface area (Å²) >= 11 is 7.38. The second-order valence-corrected chi connectivity index (χ2v) is 6.12. The number of carbonyl (C=O) groups excluding carboxylic acids is 2. The number of benzene rings is 1. The first-order chi connectivity index (χ1) is 9.86. The van der Waals surface area contributed by atoms with Gasteiger partial charge in [-0.25, -0.2) is 0 Å². The number of anilines is 3. The zero-order valence-corrected chi connectivity index (χ0v) is 13.1. The highest BCUT2D eigenvalue weighted by Gasteiger charge is 2.12. The number of thiophene rings is 1. The summed E-state index contributed by atoms with van der Waals surface area (Å²) in [5.41, 5.74) is 7.38. The fraction of sp³-hybridized carbons (Fsp3) is 0.143. The van der Waals surface area contributed by atoms with Gasteiger partial charge in [0, 0.05) is 23.2 Å². The number of nitrogen functional groups attached to an aromatic ring is 1. The Morgan fingerprint density at radius 1 is 1.24 bits per heavy atom. The van der Waals surface area contributed by atoms with Crippen LogP contribution in [-0.2, 0) is 4.79 Å². The Kier molecular flexibility index (Phi) is 4.50. The van der Waals surface area contributed by atoms with Gasteiger partial charge >= 0.3 is 0 Å². The highest BCUT2D eigenvalue weighted by atomic mass is 35.5. The Bertz CT molecular complexity index is 693. The zero-order chi connectivity index (χ0) is 15.6. The summed E-state index contributed by atoms with van der Waals surface area (Å²) in [7, 11) is 0. The number of aryl methyl sites for hydroxylation is 1. The predicted molar refractivity (Wildman–Crippen MR) is 87.2 cm³/mol. The average Bonchev–Trinajstić information content (AvgIpc) is 2.73. The van der Waals surface area contributed by atoms with E-state index < -0.39 is 0 Å². The van der Waals surface area contributed by atoms with Gasteiger partial charge in [0.25, 0.3) is 5.91 Å². The van der Waals surface area contributed by atoms with Crippen molar-refractivity contribution in [3.05, 3.63) is 39.0 Å². The molecule has 0 saturated carbocycles. The largest absolute Gasteiger partial charge is 0.398 e. The molecule has 0 aliphatic carbocycles. The highest BCUT2D eigenvalue weighted by Crippen LogP contribution is 2.27. The molecule has 5 nitrogen and oxygen atoms in total. The standard InChI is InChI=1S/C14H14ClN3O2S/c1-7-11(16)6-13(21-7)14(20)18-9-3-4-12(10(15)5-9)17-8(2)19/h3-6H,16H2,1-2H3,(H,17,19)(H,18,20). The van der Waals surface area contributed by atoms with Crippen LogP contribution in [0.25, 0.3) is 0 Å². The second kappa shape index (κ2) is 6.15. The van der Waals surface area contributed by atoms with Gasteiger partial charge in [0.15, 0.2) is 0 Å². The van der Waals surface area contributed by atoms with E-state index in [9.17, 15) is 9.59 Å². The lowest BCUT2D eigenvalue weighted by molar-refractivity contribution is -0.114. The molecule has 0 aliphatic heterocycles. The quantitative estimate of drug-likeness (QED) is 0.808. The summed E-state index contributed by atoms with van der Waals surface area (Å²) in [5, 5.41) is 5.69. The first-order valence-corrected chi connectivity index (χ1v) is 7.30. The minimum atomic E-state index is -0.247.